The van der Waals surface area contributed by atoms with Crippen molar-refractivity contribution in [2.45, 2.75) is 6.92 Å². The molecule has 1 heterocycles. The number of fused-ring (bicyclic) bond motifs is 1. The van der Waals surface area contributed by atoms with Crippen LogP contribution < -0.4 is 5.73 Å². The van der Waals surface area contributed by atoms with Crippen LogP contribution in [0.2, 0.25) is 0 Å². The van der Waals surface area contributed by atoms with Crippen molar-refractivity contribution in [3.05, 3.63) is 53.3 Å². The van der Waals surface area contributed by atoms with Crippen LogP contribution in [0.4, 0.5) is 19.1 Å². The Kier molecular flexibility index (Phi) is 2.67. The van der Waals surface area contributed by atoms with E-state index in [-0.39, 0.29) is 17.0 Å². The predicted octanol–water partition coefficient (Wildman–Crippen LogP) is 3.33. The number of nitrogens with zero attached hydrogens (tertiary/aromatic N) is 2. The highest BCUT2D eigenvalue weighted by molar-refractivity contribution is 5.81. The van der Waals surface area contributed by atoms with Gasteiger partial charge in [-0.05, 0) is 24.6 Å². The molecule has 0 aliphatic rings. The third kappa shape index (κ3) is 1.80. The van der Waals surface area contributed by atoms with Crippen molar-refractivity contribution in [1.29, 1.82) is 0 Å². The lowest BCUT2D eigenvalue weighted by Gasteiger charge is -2.07. The molecule has 0 spiro atoms. The first-order chi connectivity index (χ1) is 9.47. The summed E-state index contributed by atoms with van der Waals surface area (Å²) in [7, 11) is 0. The van der Waals surface area contributed by atoms with Crippen molar-refractivity contribution in [3.63, 3.8) is 0 Å². The van der Waals surface area contributed by atoms with Gasteiger partial charge in [-0.1, -0.05) is 6.07 Å². The van der Waals surface area contributed by atoms with Crippen LogP contribution in [0.15, 0.2) is 30.3 Å². The van der Waals surface area contributed by atoms with E-state index < -0.39 is 17.5 Å². The highest BCUT2D eigenvalue weighted by atomic mass is 19.1. The molecule has 0 saturated heterocycles. The van der Waals surface area contributed by atoms with E-state index in [4.69, 9.17) is 5.73 Å². The number of nitrogens with two attached hydrogens (primary N) is 1. The van der Waals surface area contributed by atoms with Crippen LogP contribution in [0.1, 0.15) is 5.56 Å². The zero-order chi connectivity index (χ0) is 14.4. The van der Waals surface area contributed by atoms with Gasteiger partial charge in [0, 0.05) is 12.1 Å². The van der Waals surface area contributed by atoms with E-state index in [1.807, 2.05) is 0 Å². The Balaban J connectivity index is 2.35. The summed E-state index contributed by atoms with van der Waals surface area (Å²) in [5.74, 6) is -2.02. The van der Waals surface area contributed by atoms with Gasteiger partial charge in [-0.25, -0.2) is 18.2 Å². The van der Waals surface area contributed by atoms with Gasteiger partial charge in [-0.15, -0.1) is 0 Å². The Morgan fingerprint density at radius 2 is 1.80 bits per heavy atom. The highest BCUT2D eigenvalue weighted by Gasteiger charge is 2.15. The van der Waals surface area contributed by atoms with Gasteiger partial charge in [0.05, 0.1) is 11.2 Å². The van der Waals surface area contributed by atoms with Crippen LogP contribution in [0.25, 0.3) is 16.7 Å². The molecule has 0 unspecified atom stereocenters. The van der Waals surface area contributed by atoms with Crippen molar-refractivity contribution < 1.29 is 13.2 Å². The van der Waals surface area contributed by atoms with Gasteiger partial charge in [0.2, 0.25) is 5.95 Å². The summed E-state index contributed by atoms with van der Waals surface area (Å²) < 4.78 is 42.0. The molecule has 2 aromatic carbocycles. The summed E-state index contributed by atoms with van der Waals surface area (Å²) >= 11 is 0. The summed E-state index contributed by atoms with van der Waals surface area (Å²) in [6.07, 6.45) is 0. The number of hydrogen-bond donors (Lipinski definition) is 1. The average molecular weight is 277 g/mol. The number of hydrogen-bond acceptors (Lipinski definition) is 2. The van der Waals surface area contributed by atoms with Gasteiger partial charge >= 0.3 is 0 Å². The molecule has 0 atom stereocenters. The molecule has 2 N–H and O–H groups in total. The second-order valence-corrected chi connectivity index (χ2v) is 4.49. The number of anilines is 1. The highest BCUT2D eigenvalue weighted by Crippen LogP contribution is 2.26. The third-order valence-corrected chi connectivity index (χ3v) is 3.12. The van der Waals surface area contributed by atoms with E-state index in [9.17, 15) is 13.2 Å². The van der Waals surface area contributed by atoms with Crippen molar-refractivity contribution in [2.24, 2.45) is 0 Å². The van der Waals surface area contributed by atoms with Crippen LogP contribution in [0, 0.1) is 24.4 Å². The second kappa shape index (κ2) is 4.26. The lowest BCUT2D eigenvalue weighted by Crippen LogP contribution is -2.01. The Bertz CT molecular complexity index is 824. The molecule has 0 amide bonds. The van der Waals surface area contributed by atoms with Gasteiger partial charge in [0.15, 0.2) is 5.82 Å². The predicted molar refractivity (Wildman–Crippen MR) is 70.1 cm³/mol. The number of halogens is 3. The molecule has 1 aromatic heterocycles. The number of rotatable bonds is 1. The third-order valence-electron chi connectivity index (χ3n) is 3.12. The standard InChI is InChI=1S/C14H10F3N3/c1-7-2-3-9(6-10(7)16)20-12-5-8(15)4-11(17)13(12)19-14(20)18/h2-6H,1H3,(H2,18,19). The fraction of sp³-hybridized carbons (Fsp3) is 0.0714. The van der Waals surface area contributed by atoms with Crippen LogP contribution >= 0.6 is 0 Å². The largest absolute Gasteiger partial charge is 0.369 e. The molecule has 0 radical (unpaired) electrons. The summed E-state index contributed by atoms with van der Waals surface area (Å²) in [6.45, 7) is 1.62. The molecular formula is C14H10F3N3. The Morgan fingerprint density at radius 1 is 1.05 bits per heavy atom. The van der Waals surface area contributed by atoms with Gasteiger partial charge in [0.25, 0.3) is 0 Å². The zero-order valence-corrected chi connectivity index (χ0v) is 10.5. The van der Waals surface area contributed by atoms with Crippen molar-refractivity contribution in [3.8, 4) is 5.69 Å². The van der Waals surface area contributed by atoms with E-state index in [0.717, 1.165) is 12.1 Å². The van der Waals surface area contributed by atoms with Gasteiger partial charge in [-0.2, -0.15) is 0 Å². The SMILES string of the molecule is Cc1ccc(-n2c(N)nc3c(F)cc(F)cc32)cc1F. The lowest BCUT2D eigenvalue weighted by atomic mass is 10.2. The van der Waals surface area contributed by atoms with E-state index in [2.05, 4.69) is 4.98 Å². The first-order valence-electron chi connectivity index (χ1n) is 5.87. The number of nitrogen functional groups attached to an aromatic ring is 1. The Hall–Kier alpha value is -2.50. The van der Waals surface area contributed by atoms with Crippen LogP contribution in [0.3, 0.4) is 0 Å². The molecule has 0 aliphatic carbocycles. The van der Waals surface area contributed by atoms with E-state index in [1.165, 1.54) is 10.6 Å². The summed E-state index contributed by atoms with van der Waals surface area (Å²) in [4.78, 5) is 3.86. The van der Waals surface area contributed by atoms with Gasteiger partial charge in [-0.3, -0.25) is 4.57 Å². The summed E-state index contributed by atoms with van der Waals surface area (Å²) in [5.41, 5.74) is 6.66. The van der Waals surface area contributed by atoms with E-state index in [1.54, 1.807) is 19.1 Å². The van der Waals surface area contributed by atoms with Crippen LogP contribution in [-0.2, 0) is 0 Å². The maximum absolute atomic E-state index is 13.7. The molecule has 3 nitrogen and oxygen atoms in total. The zero-order valence-electron chi connectivity index (χ0n) is 10.5. The lowest BCUT2D eigenvalue weighted by molar-refractivity contribution is 0.590. The van der Waals surface area contributed by atoms with E-state index in [0.29, 0.717) is 11.3 Å². The molecule has 0 aliphatic heterocycles. The minimum atomic E-state index is -0.807. The number of benzene rings is 2. The van der Waals surface area contributed by atoms with Crippen molar-refractivity contribution >= 4 is 17.0 Å². The molecule has 20 heavy (non-hydrogen) atoms. The van der Waals surface area contributed by atoms with Crippen molar-refractivity contribution in [1.82, 2.24) is 9.55 Å². The van der Waals surface area contributed by atoms with Gasteiger partial charge in [0.1, 0.15) is 17.2 Å². The normalized spacial score (nSPS) is 11.2. The van der Waals surface area contributed by atoms with Crippen LogP contribution in [-0.4, -0.2) is 9.55 Å². The smallest absolute Gasteiger partial charge is 0.206 e. The average Bonchev–Trinajstić information content (AvgIpc) is 2.70. The molecule has 3 rings (SSSR count). The maximum atomic E-state index is 13.7. The fourth-order valence-electron chi connectivity index (χ4n) is 2.11. The van der Waals surface area contributed by atoms with Crippen molar-refractivity contribution in [2.75, 3.05) is 5.73 Å². The minimum Gasteiger partial charge on any atom is -0.369 e. The first kappa shape index (κ1) is 12.5. The quantitative estimate of drug-likeness (QED) is 0.741. The topological polar surface area (TPSA) is 43.8 Å². The second-order valence-electron chi connectivity index (χ2n) is 4.49. The molecule has 0 saturated carbocycles. The monoisotopic (exact) mass is 277 g/mol. The van der Waals surface area contributed by atoms with Gasteiger partial charge < -0.3 is 5.73 Å². The molecule has 3 aromatic rings. The summed E-state index contributed by atoms with van der Waals surface area (Å²) in [6, 6.07) is 6.26. The molecule has 102 valence electrons. The number of imidazole rings is 1. The molecule has 0 bridgehead atoms. The number of aromatic nitrogens is 2. The first-order valence-corrected chi connectivity index (χ1v) is 5.87. The van der Waals surface area contributed by atoms with E-state index >= 15 is 0 Å². The Labute approximate surface area is 112 Å². The molecule has 0 fully saturated rings. The van der Waals surface area contributed by atoms with Crippen LogP contribution in [0.5, 0.6) is 0 Å². The summed E-state index contributed by atoms with van der Waals surface area (Å²) in [5, 5.41) is 0. The molecule has 6 heteroatoms. The number of aryl methyl sites for hydroxylation is 1. The fourth-order valence-corrected chi connectivity index (χ4v) is 2.11. The molecular weight excluding hydrogens is 267 g/mol. The minimum absolute atomic E-state index is 0.0345. The maximum Gasteiger partial charge on any atom is 0.206 e. The Morgan fingerprint density at radius 3 is 2.50 bits per heavy atom.